The van der Waals surface area contributed by atoms with Crippen LogP contribution in [0.4, 0.5) is 4.79 Å². The van der Waals surface area contributed by atoms with Gasteiger partial charge in [0.15, 0.2) is 0 Å². The van der Waals surface area contributed by atoms with E-state index >= 15 is 0 Å². The molecule has 0 aliphatic carbocycles. The van der Waals surface area contributed by atoms with Crippen LogP contribution in [0.15, 0.2) is 24.3 Å². The van der Waals surface area contributed by atoms with Gasteiger partial charge in [-0.25, -0.2) is 4.79 Å². The Morgan fingerprint density at radius 1 is 1.29 bits per heavy atom. The zero-order chi connectivity index (χ0) is 15.2. The molecule has 4 heteroatoms. The first kappa shape index (κ1) is 15.7. The molecule has 0 saturated carbocycles. The molecular formula is C17H26N2O2. The first-order valence-corrected chi connectivity index (χ1v) is 7.83. The molecule has 1 fully saturated rings. The lowest BCUT2D eigenvalue weighted by atomic mass is 10.00. The number of nitrogens with zero attached hydrogens (tertiary/aromatic N) is 1. The summed E-state index contributed by atoms with van der Waals surface area (Å²) in [6.07, 6.45) is 2.39. The van der Waals surface area contributed by atoms with Crippen LogP contribution in [-0.4, -0.2) is 30.1 Å². The highest BCUT2D eigenvalue weighted by Gasteiger charge is 2.19. The van der Waals surface area contributed by atoms with Gasteiger partial charge in [0.05, 0.1) is 6.10 Å². The summed E-state index contributed by atoms with van der Waals surface area (Å²) in [5.74, 6) is 1.60. The van der Waals surface area contributed by atoms with E-state index in [9.17, 15) is 4.79 Å². The standard InChI is InChI=1S/C17H26N2O2/c1-13(2)21-16-6-4-15(5-7-16)12-18-17(20)19-10-8-14(3)9-11-19/h4-7,13-14H,8-12H2,1-3H3,(H,18,20). The smallest absolute Gasteiger partial charge is 0.317 e. The van der Waals surface area contributed by atoms with Crippen LogP contribution in [0.1, 0.15) is 39.2 Å². The highest BCUT2D eigenvalue weighted by Crippen LogP contribution is 2.16. The summed E-state index contributed by atoms with van der Waals surface area (Å²) in [6, 6.07) is 7.94. The molecule has 1 aromatic carbocycles. The molecule has 0 radical (unpaired) electrons. The molecule has 2 amide bonds. The van der Waals surface area contributed by atoms with Gasteiger partial charge in [-0.05, 0) is 50.3 Å². The quantitative estimate of drug-likeness (QED) is 0.923. The van der Waals surface area contributed by atoms with Gasteiger partial charge in [-0.15, -0.1) is 0 Å². The maximum atomic E-state index is 12.1. The Bertz CT molecular complexity index is 448. The third-order valence-electron chi connectivity index (χ3n) is 3.81. The maximum absolute atomic E-state index is 12.1. The Morgan fingerprint density at radius 3 is 2.48 bits per heavy atom. The highest BCUT2D eigenvalue weighted by molar-refractivity contribution is 5.74. The molecule has 1 N–H and O–H groups in total. The van der Waals surface area contributed by atoms with Crippen LogP contribution in [0.3, 0.4) is 0 Å². The van der Waals surface area contributed by atoms with E-state index < -0.39 is 0 Å². The molecule has 0 atom stereocenters. The number of hydrogen-bond acceptors (Lipinski definition) is 2. The first-order valence-electron chi connectivity index (χ1n) is 7.83. The minimum absolute atomic E-state index is 0.0457. The molecule has 0 bridgehead atoms. The summed E-state index contributed by atoms with van der Waals surface area (Å²) in [7, 11) is 0. The Balaban J connectivity index is 1.78. The number of rotatable bonds is 4. The summed E-state index contributed by atoms with van der Waals surface area (Å²) in [5, 5.41) is 2.99. The largest absolute Gasteiger partial charge is 0.491 e. The molecular weight excluding hydrogens is 264 g/mol. The first-order chi connectivity index (χ1) is 10.0. The van der Waals surface area contributed by atoms with E-state index in [0.29, 0.717) is 6.54 Å². The van der Waals surface area contributed by atoms with E-state index in [1.807, 2.05) is 43.0 Å². The Labute approximate surface area is 127 Å². The monoisotopic (exact) mass is 290 g/mol. The third kappa shape index (κ3) is 4.96. The molecule has 1 aliphatic heterocycles. The van der Waals surface area contributed by atoms with Crippen molar-refractivity contribution >= 4 is 6.03 Å². The second-order valence-corrected chi connectivity index (χ2v) is 6.14. The molecule has 0 spiro atoms. The van der Waals surface area contributed by atoms with Gasteiger partial charge in [-0.1, -0.05) is 19.1 Å². The van der Waals surface area contributed by atoms with Gasteiger partial charge >= 0.3 is 6.03 Å². The molecule has 4 nitrogen and oxygen atoms in total. The Hall–Kier alpha value is -1.71. The number of ether oxygens (including phenoxy) is 1. The molecule has 0 aromatic heterocycles. The number of nitrogens with one attached hydrogen (secondary N) is 1. The number of piperidine rings is 1. The highest BCUT2D eigenvalue weighted by atomic mass is 16.5. The zero-order valence-corrected chi connectivity index (χ0v) is 13.3. The van der Waals surface area contributed by atoms with Crippen LogP contribution in [0.25, 0.3) is 0 Å². The van der Waals surface area contributed by atoms with Crippen molar-refractivity contribution in [2.24, 2.45) is 5.92 Å². The predicted molar refractivity (Wildman–Crippen MR) is 84.4 cm³/mol. The van der Waals surface area contributed by atoms with Crippen LogP contribution < -0.4 is 10.1 Å². The second kappa shape index (κ2) is 7.34. The summed E-state index contributed by atoms with van der Waals surface area (Å²) >= 11 is 0. The number of amides is 2. The Kier molecular flexibility index (Phi) is 5.48. The normalized spacial score (nSPS) is 16.1. The van der Waals surface area contributed by atoms with Crippen molar-refractivity contribution in [2.75, 3.05) is 13.1 Å². The fourth-order valence-electron chi connectivity index (χ4n) is 2.46. The van der Waals surface area contributed by atoms with Gasteiger partial charge in [0, 0.05) is 19.6 Å². The SMILES string of the molecule is CC1CCN(C(=O)NCc2ccc(OC(C)C)cc2)CC1. The number of urea groups is 1. The summed E-state index contributed by atoms with van der Waals surface area (Å²) in [5.41, 5.74) is 1.09. The number of likely N-dealkylation sites (tertiary alicyclic amines) is 1. The van der Waals surface area contributed by atoms with Gasteiger partial charge in [0.1, 0.15) is 5.75 Å². The average molecular weight is 290 g/mol. The molecule has 1 saturated heterocycles. The van der Waals surface area contributed by atoms with E-state index in [0.717, 1.165) is 43.2 Å². The van der Waals surface area contributed by atoms with Crippen LogP contribution in [0.2, 0.25) is 0 Å². The van der Waals surface area contributed by atoms with E-state index in [-0.39, 0.29) is 12.1 Å². The minimum atomic E-state index is 0.0457. The second-order valence-electron chi connectivity index (χ2n) is 6.14. The number of carbonyl (C=O) groups is 1. The van der Waals surface area contributed by atoms with Gasteiger partial charge in [0.2, 0.25) is 0 Å². The van der Waals surface area contributed by atoms with Crippen molar-refractivity contribution in [3.05, 3.63) is 29.8 Å². The third-order valence-corrected chi connectivity index (χ3v) is 3.81. The van der Waals surface area contributed by atoms with E-state index in [1.54, 1.807) is 0 Å². The van der Waals surface area contributed by atoms with Gasteiger partial charge < -0.3 is 15.0 Å². The zero-order valence-electron chi connectivity index (χ0n) is 13.3. The van der Waals surface area contributed by atoms with Crippen LogP contribution in [0, 0.1) is 5.92 Å². The van der Waals surface area contributed by atoms with Gasteiger partial charge in [0.25, 0.3) is 0 Å². The minimum Gasteiger partial charge on any atom is -0.491 e. The molecule has 0 unspecified atom stereocenters. The maximum Gasteiger partial charge on any atom is 0.317 e. The molecule has 116 valence electrons. The molecule has 21 heavy (non-hydrogen) atoms. The van der Waals surface area contributed by atoms with Crippen LogP contribution in [-0.2, 0) is 6.54 Å². The lowest BCUT2D eigenvalue weighted by Crippen LogP contribution is -2.43. The lowest BCUT2D eigenvalue weighted by molar-refractivity contribution is 0.173. The van der Waals surface area contributed by atoms with Crippen LogP contribution in [0.5, 0.6) is 5.75 Å². The summed E-state index contributed by atoms with van der Waals surface area (Å²) in [4.78, 5) is 14.0. The fourth-order valence-corrected chi connectivity index (χ4v) is 2.46. The van der Waals surface area contributed by atoms with Crippen molar-refractivity contribution in [3.8, 4) is 5.75 Å². The number of benzene rings is 1. The van der Waals surface area contributed by atoms with E-state index in [4.69, 9.17) is 4.74 Å². The van der Waals surface area contributed by atoms with Crippen molar-refractivity contribution in [2.45, 2.75) is 46.3 Å². The lowest BCUT2D eigenvalue weighted by Gasteiger charge is -2.30. The van der Waals surface area contributed by atoms with E-state index in [2.05, 4.69) is 12.2 Å². The fraction of sp³-hybridized carbons (Fsp3) is 0.588. The molecule has 2 rings (SSSR count). The van der Waals surface area contributed by atoms with Gasteiger partial charge in [-0.3, -0.25) is 0 Å². The Morgan fingerprint density at radius 2 is 1.90 bits per heavy atom. The average Bonchev–Trinajstić information content (AvgIpc) is 2.46. The summed E-state index contributed by atoms with van der Waals surface area (Å²) < 4.78 is 5.60. The predicted octanol–water partition coefficient (Wildman–Crippen LogP) is 3.42. The number of hydrogen-bond donors (Lipinski definition) is 1. The molecule has 1 aromatic rings. The van der Waals surface area contributed by atoms with Gasteiger partial charge in [-0.2, -0.15) is 0 Å². The number of carbonyl (C=O) groups excluding carboxylic acids is 1. The van der Waals surface area contributed by atoms with E-state index in [1.165, 1.54) is 0 Å². The summed E-state index contributed by atoms with van der Waals surface area (Å²) in [6.45, 7) is 8.56. The molecule has 1 aliphatic rings. The topological polar surface area (TPSA) is 41.6 Å². The molecule has 1 heterocycles. The van der Waals surface area contributed by atoms with Crippen LogP contribution >= 0.6 is 0 Å². The van der Waals surface area contributed by atoms with Crippen molar-refractivity contribution in [1.29, 1.82) is 0 Å². The van der Waals surface area contributed by atoms with Crippen molar-refractivity contribution < 1.29 is 9.53 Å². The van der Waals surface area contributed by atoms with Crippen molar-refractivity contribution in [3.63, 3.8) is 0 Å². The van der Waals surface area contributed by atoms with Crippen molar-refractivity contribution in [1.82, 2.24) is 10.2 Å².